The Morgan fingerprint density at radius 1 is 1.26 bits per heavy atom. The first-order valence-corrected chi connectivity index (χ1v) is 7.43. The quantitative estimate of drug-likeness (QED) is 0.804. The molecule has 2 bridgehead atoms. The summed E-state index contributed by atoms with van der Waals surface area (Å²) >= 11 is 0. The van der Waals surface area contributed by atoms with Gasteiger partial charge >= 0.3 is 0 Å². The van der Waals surface area contributed by atoms with Crippen LogP contribution < -0.4 is 5.32 Å². The van der Waals surface area contributed by atoms with E-state index in [4.69, 9.17) is 0 Å². The molecule has 2 heterocycles. The van der Waals surface area contributed by atoms with Crippen LogP contribution in [-0.2, 0) is 4.79 Å². The van der Waals surface area contributed by atoms with Gasteiger partial charge in [0.15, 0.2) is 0 Å². The zero-order valence-electron chi connectivity index (χ0n) is 12.4. The highest BCUT2D eigenvalue weighted by atomic mass is 35.5. The van der Waals surface area contributed by atoms with Crippen LogP contribution in [-0.4, -0.2) is 36.0 Å². The molecule has 110 valence electrons. The Labute approximate surface area is 122 Å². The number of likely N-dealkylation sites (tertiary alicyclic amines) is 1. The summed E-state index contributed by atoms with van der Waals surface area (Å²) in [6.45, 7) is 9.09. The summed E-state index contributed by atoms with van der Waals surface area (Å²) < 4.78 is 0. The summed E-state index contributed by atoms with van der Waals surface area (Å²) in [4.78, 5) is 14.8. The number of rotatable bonds is 1. The normalized spacial score (nSPS) is 40.1. The van der Waals surface area contributed by atoms with Crippen molar-refractivity contribution in [3.8, 4) is 0 Å². The zero-order valence-corrected chi connectivity index (χ0v) is 13.2. The van der Waals surface area contributed by atoms with E-state index in [1.807, 2.05) is 0 Å². The maximum atomic E-state index is 12.6. The van der Waals surface area contributed by atoms with Crippen molar-refractivity contribution in [3.05, 3.63) is 0 Å². The van der Waals surface area contributed by atoms with Gasteiger partial charge in [-0.1, -0.05) is 20.8 Å². The Hall–Kier alpha value is -0.280. The van der Waals surface area contributed by atoms with Crippen molar-refractivity contribution >= 4 is 18.3 Å². The molecule has 2 saturated heterocycles. The van der Waals surface area contributed by atoms with Gasteiger partial charge in [-0.15, -0.1) is 12.4 Å². The molecule has 3 aliphatic rings. The van der Waals surface area contributed by atoms with Gasteiger partial charge in [0, 0.05) is 12.6 Å². The predicted molar refractivity (Wildman–Crippen MR) is 79.5 cm³/mol. The van der Waals surface area contributed by atoms with Crippen LogP contribution in [0.3, 0.4) is 0 Å². The van der Waals surface area contributed by atoms with Gasteiger partial charge in [-0.3, -0.25) is 4.79 Å². The lowest BCUT2D eigenvalue weighted by Crippen LogP contribution is -2.46. The minimum Gasteiger partial charge on any atom is -0.338 e. The Bertz CT molecular complexity index is 365. The summed E-state index contributed by atoms with van der Waals surface area (Å²) in [5, 5.41) is 3.36. The smallest absolute Gasteiger partial charge is 0.239 e. The van der Waals surface area contributed by atoms with Crippen molar-refractivity contribution in [2.75, 3.05) is 13.1 Å². The number of hydrogen-bond donors (Lipinski definition) is 1. The van der Waals surface area contributed by atoms with Gasteiger partial charge in [-0.05, 0) is 49.5 Å². The van der Waals surface area contributed by atoms with Crippen molar-refractivity contribution in [1.29, 1.82) is 0 Å². The van der Waals surface area contributed by atoms with Gasteiger partial charge < -0.3 is 10.2 Å². The van der Waals surface area contributed by atoms with Crippen LogP contribution in [0.4, 0.5) is 0 Å². The Morgan fingerprint density at radius 3 is 2.63 bits per heavy atom. The highest BCUT2D eigenvalue weighted by molar-refractivity contribution is 5.85. The molecule has 1 saturated carbocycles. The Balaban J connectivity index is 0.00000133. The molecule has 1 N–H and O–H groups in total. The average Bonchev–Trinajstić information content (AvgIpc) is 2.82. The van der Waals surface area contributed by atoms with Crippen LogP contribution in [0.25, 0.3) is 0 Å². The van der Waals surface area contributed by atoms with Gasteiger partial charge in [0.05, 0.1) is 6.04 Å². The topological polar surface area (TPSA) is 32.3 Å². The summed E-state index contributed by atoms with van der Waals surface area (Å²) in [6, 6.07) is 0.602. The van der Waals surface area contributed by atoms with Crippen molar-refractivity contribution < 1.29 is 4.79 Å². The number of amides is 1. The average molecular weight is 287 g/mol. The van der Waals surface area contributed by atoms with E-state index in [0.717, 1.165) is 25.9 Å². The monoisotopic (exact) mass is 286 g/mol. The molecule has 3 fully saturated rings. The number of hydrogen-bond acceptors (Lipinski definition) is 2. The minimum atomic E-state index is 0. The van der Waals surface area contributed by atoms with Crippen LogP contribution in [0, 0.1) is 10.8 Å². The molecule has 2 unspecified atom stereocenters. The van der Waals surface area contributed by atoms with Crippen LogP contribution in [0.5, 0.6) is 0 Å². The number of nitrogens with zero attached hydrogens (tertiary/aromatic N) is 1. The lowest BCUT2D eigenvalue weighted by Gasteiger charge is -2.39. The molecule has 0 aromatic rings. The van der Waals surface area contributed by atoms with Gasteiger partial charge in [0.25, 0.3) is 0 Å². The van der Waals surface area contributed by atoms with Crippen molar-refractivity contribution in [1.82, 2.24) is 10.2 Å². The van der Waals surface area contributed by atoms with Crippen LogP contribution in [0.2, 0.25) is 0 Å². The minimum absolute atomic E-state index is 0. The third-order valence-corrected chi connectivity index (χ3v) is 5.06. The van der Waals surface area contributed by atoms with E-state index in [9.17, 15) is 4.79 Å². The number of fused-ring (bicyclic) bond motifs is 2. The fraction of sp³-hybridized carbons (Fsp3) is 0.933. The van der Waals surface area contributed by atoms with Crippen LogP contribution in [0.15, 0.2) is 0 Å². The first-order valence-electron chi connectivity index (χ1n) is 7.43. The summed E-state index contributed by atoms with van der Waals surface area (Å²) in [5.41, 5.74) is 0.760. The van der Waals surface area contributed by atoms with E-state index < -0.39 is 0 Å². The first kappa shape index (κ1) is 15.1. The molecule has 19 heavy (non-hydrogen) atoms. The third-order valence-electron chi connectivity index (χ3n) is 5.06. The number of halogens is 1. The largest absolute Gasteiger partial charge is 0.338 e. The summed E-state index contributed by atoms with van der Waals surface area (Å²) in [5.74, 6) is 0.374. The Kier molecular flexibility index (Phi) is 3.92. The highest BCUT2D eigenvalue weighted by Gasteiger charge is 2.51. The second kappa shape index (κ2) is 4.92. The summed E-state index contributed by atoms with van der Waals surface area (Å²) in [7, 11) is 0. The molecule has 3 rings (SSSR count). The molecule has 0 radical (unpaired) electrons. The molecule has 0 aromatic carbocycles. The number of nitrogens with one attached hydrogen (secondary N) is 1. The molecular weight excluding hydrogens is 260 g/mol. The second-order valence-corrected chi connectivity index (χ2v) is 7.83. The molecule has 0 aromatic heterocycles. The molecule has 1 aliphatic carbocycles. The van der Waals surface area contributed by atoms with Crippen LogP contribution in [0.1, 0.15) is 52.9 Å². The molecule has 3 atom stereocenters. The summed E-state index contributed by atoms with van der Waals surface area (Å²) in [6.07, 6.45) is 5.84. The SMILES string of the molecule is CC1(C)CC2CC(C)(CN2C(=O)[C@@H]2CCCN2)C1.Cl. The van der Waals surface area contributed by atoms with Gasteiger partial charge in [0.1, 0.15) is 0 Å². The van der Waals surface area contributed by atoms with Gasteiger partial charge in [-0.2, -0.15) is 0 Å². The fourth-order valence-electron chi connectivity index (χ4n) is 4.81. The lowest BCUT2D eigenvalue weighted by molar-refractivity contribution is -0.134. The van der Waals surface area contributed by atoms with E-state index in [-0.39, 0.29) is 18.4 Å². The molecule has 4 heteroatoms. The van der Waals surface area contributed by atoms with Crippen molar-refractivity contribution in [3.63, 3.8) is 0 Å². The van der Waals surface area contributed by atoms with E-state index in [1.165, 1.54) is 19.3 Å². The molecule has 2 aliphatic heterocycles. The maximum absolute atomic E-state index is 12.6. The second-order valence-electron chi connectivity index (χ2n) is 7.83. The van der Waals surface area contributed by atoms with Crippen LogP contribution >= 0.6 is 12.4 Å². The molecule has 1 amide bonds. The lowest BCUT2D eigenvalue weighted by atomic mass is 9.65. The first-order chi connectivity index (χ1) is 8.39. The van der Waals surface area contributed by atoms with E-state index in [0.29, 0.717) is 22.8 Å². The van der Waals surface area contributed by atoms with E-state index >= 15 is 0 Å². The molecule has 3 nitrogen and oxygen atoms in total. The van der Waals surface area contributed by atoms with Crippen molar-refractivity contribution in [2.45, 2.75) is 65.0 Å². The van der Waals surface area contributed by atoms with E-state index in [1.54, 1.807) is 0 Å². The highest BCUT2D eigenvalue weighted by Crippen LogP contribution is 2.52. The maximum Gasteiger partial charge on any atom is 0.239 e. The van der Waals surface area contributed by atoms with E-state index in [2.05, 4.69) is 31.0 Å². The number of carbonyl (C=O) groups is 1. The molecular formula is C15H27ClN2O. The predicted octanol–water partition coefficient (Wildman–Crippen LogP) is 2.59. The zero-order chi connectivity index (χ0) is 13.0. The third kappa shape index (κ3) is 2.78. The van der Waals surface area contributed by atoms with Gasteiger partial charge in [-0.25, -0.2) is 0 Å². The number of carbonyl (C=O) groups excluding carboxylic acids is 1. The fourth-order valence-corrected chi connectivity index (χ4v) is 4.81. The standard InChI is InChI=1S/C15H26N2O.ClH/c1-14(2)7-11-8-15(3,9-14)10-17(11)13(18)12-5-4-6-16-12;/h11-12,16H,4-10H2,1-3H3;1H/t11?,12-,15?;/m0./s1. The Morgan fingerprint density at radius 2 is 2.00 bits per heavy atom. The van der Waals surface area contributed by atoms with Crippen molar-refractivity contribution in [2.24, 2.45) is 10.8 Å². The van der Waals surface area contributed by atoms with Gasteiger partial charge in [0.2, 0.25) is 5.91 Å². The molecule has 0 spiro atoms.